The minimum Gasteiger partial charge on any atom is -0.351 e. The molecular formula is C19H26F3NO. The highest BCUT2D eigenvalue weighted by Gasteiger charge is 2.45. The van der Waals surface area contributed by atoms with Crippen LogP contribution in [-0.4, -0.2) is 11.4 Å². The molecule has 1 aromatic carbocycles. The summed E-state index contributed by atoms with van der Waals surface area (Å²) in [5.74, 6) is -0.118. The Hall–Kier alpha value is -1.52. The van der Waals surface area contributed by atoms with E-state index in [-0.39, 0.29) is 28.7 Å². The number of amides is 1. The van der Waals surface area contributed by atoms with Gasteiger partial charge in [-0.2, -0.15) is 13.2 Å². The first kappa shape index (κ1) is 18.8. The second-order valence-electron chi connectivity index (χ2n) is 8.68. The van der Waals surface area contributed by atoms with Crippen molar-refractivity contribution < 1.29 is 18.0 Å². The van der Waals surface area contributed by atoms with Crippen molar-refractivity contribution in [1.29, 1.82) is 0 Å². The van der Waals surface area contributed by atoms with Crippen LogP contribution in [-0.2, 0) is 11.0 Å². The lowest BCUT2D eigenvalue weighted by atomic mass is 9.81. The molecule has 0 bridgehead atoms. The number of halogens is 3. The standard InChI is InChI=1S/C19H26F3NO/c1-17(2,3)11-18(4,5)23-16(24)15-10-14(15)12-6-8-13(9-7-12)19(20,21)22/h6-9,14-15H,10-11H2,1-5H3,(H,23,24). The Kier molecular flexibility index (Phi) is 4.77. The van der Waals surface area contributed by atoms with E-state index in [1.165, 1.54) is 12.1 Å². The van der Waals surface area contributed by atoms with Crippen LogP contribution in [0.15, 0.2) is 24.3 Å². The zero-order valence-electron chi connectivity index (χ0n) is 14.9. The van der Waals surface area contributed by atoms with E-state index in [0.717, 1.165) is 24.1 Å². The molecule has 134 valence electrons. The Morgan fingerprint density at radius 2 is 1.62 bits per heavy atom. The van der Waals surface area contributed by atoms with Crippen molar-refractivity contribution in [3.8, 4) is 0 Å². The van der Waals surface area contributed by atoms with Gasteiger partial charge in [0.1, 0.15) is 0 Å². The monoisotopic (exact) mass is 341 g/mol. The van der Waals surface area contributed by atoms with E-state index in [0.29, 0.717) is 6.42 Å². The van der Waals surface area contributed by atoms with Crippen LogP contribution in [0.25, 0.3) is 0 Å². The molecular weight excluding hydrogens is 315 g/mol. The summed E-state index contributed by atoms with van der Waals surface area (Å²) in [6.45, 7) is 10.4. The highest BCUT2D eigenvalue weighted by atomic mass is 19.4. The van der Waals surface area contributed by atoms with Gasteiger partial charge in [-0.3, -0.25) is 4.79 Å². The number of hydrogen-bond donors (Lipinski definition) is 1. The third-order valence-corrected chi connectivity index (χ3v) is 4.23. The van der Waals surface area contributed by atoms with Crippen LogP contribution in [0.5, 0.6) is 0 Å². The molecule has 1 saturated carbocycles. The normalized spacial score (nSPS) is 21.5. The average Bonchev–Trinajstić information content (AvgIpc) is 3.14. The number of nitrogens with one attached hydrogen (secondary N) is 1. The number of benzene rings is 1. The van der Waals surface area contributed by atoms with Crippen molar-refractivity contribution in [3.63, 3.8) is 0 Å². The first-order valence-electron chi connectivity index (χ1n) is 8.28. The Bertz CT molecular complexity index is 597. The van der Waals surface area contributed by atoms with Crippen LogP contribution in [0.3, 0.4) is 0 Å². The van der Waals surface area contributed by atoms with Crippen molar-refractivity contribution in [2.24, 2.45) is 11.3 Å². The molecule has 1 aliphatic carbocycles. The molecule has 1 aromatic rings. The van der Waals surface area contributed by atoms with Gasteiger partial charge in [0.2, 0.25) is 5.91 Å². The van der Waals surface area contributed by atoms with Crippen LogP contribution in [0.1, 0.15) is 64.5 Å². The fraction of sp³-hybridized carbons (Fsp3) is 0.632. The van der Waals surface area contributed by atoms with E-state index >= 15 is 0 Å². The lowest BCUT2D eigenvalue weighted by Gasteiger charge is -2.33. The quantitative estimate of drug-likeness (QED) is 0.807. The summed E-state index contributed by atoms with van der Waals surface area (Å²) >= 11 is 0. The topological polar surface area (TPSA) is 29.1 Å². The van der Waals surface area contributed by atoms with Crippen LogP contribution in [0.4, 0.5) is 13.2 Å². The molecule has 0 aromatic heterocycles. The molecule has 1 N–H and O–H groups in total. The van der Waals surface area contributed by atoms with Gasteiger partial charge < -0.3 is 5.32 Å². The lowest BCUT2D eigenvalue weighted by molar-refractivity contribution is -0.137. The van der Waals surface area contributed by atoms with Gasteiger partial charge in [-0.05, 0) is 55.7 Å². The SMILES string of the molecule is CC(C)(C)CC(C)(C)NC(=O)C1CC1c1ccc(C(F)(F)F)cc1. The number of carbonyl (C=O) groups is 1. The maximum Gasteiger partial charge on any atom is 0.416 e. The minimum atomic E-state index is -4.32. The molecule has 1 aliphatic rings. The van der Waals surface area contributed by atoms with Gasteiger partial charge in [-0.25, -0.2) is 0 Å². The van der Waals surface area contributed by atoms with Gasteiger partial charge in [-0.15, -0.1) is 0 Å². The molecule has 24 heavy (non-hydrogen) atoms. The highest BCUT2D eigenvalue weighted by Crippen LogP contribution is 2.48. The molecule has 0 spiro atoms. The maximum absolute atomic E-state index is 12.6. The smallest absolute Gasteiger partial charge is 0.351 e. The van der Waals surface area contributed by atoms with E-state index < -0.39 is 11.7 Å². The van der Waals surface area contributed by atoms with Gasteiger partial charge in [0, 0.05) is 11.5 Å². The molecule has 0 heterocycles. The molecule has 1 amide bonds. The Labute approximate surface area is 141 Å². The van der Waals surface area contributed by atoms with Crippen LogP contribution < -0.4 is 5.32 Å². The Balaban J connectivity index is 1.96. The second kappa shape index (κ2) is 6.08. The summed E-state index contributed by atoms with van der Waals surface area (Å²) in [6.07, 6.45) is -2.78. The Morgan fingerprint density at radius 3 is 2.08 bits per heavy atom. The molecule has 2 nitrogen and oxygen atoms in total. The van der Waals surface area contributed by atoms with E-state index in [2.05, 4.69) is 26.1 Å². The molecule has 5 heteroatoms. The fourth-order valence-electron chi connectivity index (χ4n) is 3.57. The number of alkyl halides is 3. The lowest BCUT2D eigenvalue weighted by Crippen LogP contribution is -2.46. The molecule has 2 unspecified atom stereocenters. The zero-order chi connectivity index (χ0) is 18.3. The van der Waals surface area contributed by atoms with Gasteiger partial charge in [0.05, 0.1) is 5.56 Å². The summed E-state index contributed by atoms with van der Waals surface area (Å²) in [5, 5.41) is 3.09. The van der Waals surface area contributed by atoms with Crippen molar-refractivity contribution >= 4 is 5.91 Å². The van der Waals surface area contributed by atoms with Crippen LogP contribution >= 0.6 is 0 Å². The molecule has 0 aliphatic heterocycles. The second-order valence-corrected chi connectivity index (χ2v) is 8.68. The molecule has 0 saturated heterocycles. The summed E-state index contributed by atoms with van der Waals surface area (Å²) < 4.78 is 37.8. The van der Waals surface area contributed by atoms with Crippen LogP contribution in [0, 0.1) is 11.3 Å². The van der Waals surface area contributed by atoms with Gasteiger partial charge in [0.25, 0.3) is 0 Å². The minimum absolute atomic E-state index is 0.00542. The van der Waals surface area contributed by atoms with E-state index in [1.54, 1.807) is 0 Å². The predicted octanol–water partition coefficient (Wildman–Crippen LogP) is 5.14. The number of rotatable bonds is 4. The average molecular weight is 341 g/mol. The van der Waals surface area contributed by atoms with Gasteiger partial charge in [-0.1, -0.05) is 32.9 Å². The van der Waals surface area contributed by atoms with Crippen molar-refractivity contribution in [3.05, 3.63) is 35.4 Å². The van der Waals surface area contributed by atoms with Gasteiger partial charge >= 0.3 is 6.18 Å². The predicted molar refractivity (Wildman–Crippen MR) is 88.6 cm³/mol. The fourth-order valence-corrected chi connectivity index (χ4v) is 3.57. The molecule has 2 atom stereocenters. The third-order valence-electron chi connectivity index (χ3n) is 4.23. The molecule has 2 rings (SSSR count). The zero-order valence-corrected chi connectivity index (χ0v) is 14.9. The summed E-state index contributed by atoms with van der Waals surface area (Å²) in [4.78, 5) is 12.4. The van der Waals surface area contributed by atoms with Crippen LogP contribution in [0.2, 0.25) is 0 Å². The summed E-state index contributed by atoms with van der Waals surface area (Å²) in [6, 6.07) is 5.15. The van der Waals surface area contributed by atoms with Crippen molar-refractivity contribution in [1.82, 2.24) is 5.32 Å². The summed E-state index contributed by atoms with van der Waals surface area (Å²) in [5.41, 5.74) is -0.0496. The van der Waals surface area contributed by atoms with E-state index in [9.17, 15) is 18.0 Å². The first-order valence-corrected chi connectivity index (χ1v) is 8.28. The van der Waals surface area contributed by atoms with Crippen molar-refractivity contribution in [2.45, 2.75) is 65.1 Å². The molecule has 0 radical (unpaired) electrons. The first-order chi connectivity index (χ1) is 10.8. The highest BCUT2D eigenvalue weighted by molar-refractivity contribution is 5.83. The number of hydrogen-bond acceptors (Lipinski definition) is 1. The third kappa shape index (κ3) is 4.99. The Morgan fingerprint density at radius 1 is 1.08 bits per heavy atom. The van der Waals surface area contributed by atoms with E-state index in [4.69, 9.17) is 0 Å². The summed E-state index contributed by atoms with van der Waals surface area (Å²) in [7, 11) is 0. The van der Waals surface area contributed by atoms with E-state index in [1.807, 2.05) is 13.8 Å². The largest absolute Gasteiger partial charge is 0.416 e. The van der Waals surface area contributed by atoms with Crippen molar-refractivity contribution in [2.75, 3.05) is 0 Å². The maximum atomic E-state index is 12.6. The number of carbonyl (C=O) groups excluding carboxylic acids is 1. The van der Waals surface area contributed by atoms with Gasteiger partial charge in [0.15, 0.2) is 0 Å². The molecule has 1 fully saturated rings.